The first-order valence-corrected chi connectivity index (χ1v) is 5.37. The Hall–Kier alpha value is -1.31. The summed E-state index contributed by atoms with van der Waals surface area (Å²) >= 11 is 0. The molecular formula is C13H18O2. The Labute approximate surface area is 91.3 Å². The molecule has 2 nitrogen and oxygen atoms in total. The summed E-state index contributed by atoms with van der Waals surface area (Å²) in [7, 11) is 0. The van der Waals surface area contributed by atoms with Crippen LogP contribution in [0.5, 0.6) is 5.75 Å². The SMILES string of the molecule is Cc1ccc(OCCCCC=O)c(C)c1. The van der Waals surface area contributed by atoms with Gasteiger partial charge < -0.3 is 9.53 Å². The Bertz CT molecular complexity index is 318. The second-order valence-electron chi connectivity index (χ2n) is 3.78. The molecule has 15 heavy (non-hydrogen) atoms. The van der Waals surface area contributed by atoms with Gasteiger partial charge in [-0.25, -0.2) is 0 Å². The monoisotopic (exact) mass is 206 g/mol. The molecule has 82 valence electrons. The molecule has 0 amide bonds. The van der Waals surface area contributed by atoms with Gasteiger partial charge in [0.25, 0.3) is 0 Å². The van der Waals surface area contributed by atoms with Crippen molar-refractivity contribution in [1.29, 1.82) is 0 Å². The van der Waals surface area contributed by atoms with Crippen LogP contribution in [0.15, 0.2) is 18.2 Å². The molecule has 0 unspecified atom stereocenters. The third kappa shape index (κ3) is 4.15. The molecule has 0 heterocycles. The lowest BCUT2D eigenvalue weighted by atomic mass is 10.1. The third-order valence-electron chi connectivity index (χ3n) is 2.30. The summed E-state index contributed by atoms with van der Waals surface area (Å²) in [5.74, 6) is 0.951. The molecule has 0 aliphatic carbocycles. The van der Waals surface area contributed by atoms with E-state index in [1.807, 2.05) is 19.1 Å². The Morgan fingerprint density at radius 3 is 2.73 bits per heavy atom. The van der Waals surface area contributed by atoms with E-state index in [1.165, 1.54) is 11.1 Å². The minimum Gasteiger partial charge on any atom is -0.493 e. The maximum absolute atomic E-state index is 10.1. The summed E-state index contributed by atoms with van der Waals surface area (Å²) in [5, 5.41) is 0. The van der Waals surface area contributed by atoms with Gasteiger partial charge in [-0.05, 0) is 38.3 Å². The van der Waals surface area contributed by atoms with Crippen LogP contribution in [0.3, 0.4) is 0 Å². The van der Waals surface area contributed by atoms with Crippen molar-refractivity contribution in [3.8, 4) is 5.75 Å². The molecule has 0 fully saturated rings. The molecule has 2 heteroatoms. The highest BCUT2D eigenvalue weighted by Gasteiger charge is 1.98. The largest absolute Gasteiger partial charge is 0.493 e. The lowest BCUT2D eigenvalue weighted by molar-refractivity contribution is -0.107. The van der Waals surface area contributed by atoms with Gasteiger partial charge in [-0.15, -0.1) is 0 Å². The van der Waals surface area contributed by atoms with E-state index in [2.05, 4.69) is 13.0 Å². The fourth-order valence-corrected chi connectivity index (χ4v) is 1.47. The molecule has 0 atom stereocenters. The summed E-state index contributed by atoms with van der Waals surface area (Å²) in [6.07, 6.45) is 3.44. The number of rotatable bonds is 6. The highest BCUT2D eigenvalue weighted by Crippen LogP contribution is 2.18. The van der Waals surface area contributed by atoms with E-state index >= 15 is 0 Å². The first-order valence-electron chi connectivity index (χ1n) is 5.37. The summed E-state index contributed by atoms with van der Waals surface area (Å²) < 4.78 is 5.62. The predicted molar refractivity (Wildman–Crippen MR) is 61.3 cm³/mol. The summed E-state index contributed by atoms with van der Waals surface area (Å²) in [5.41, 5.74) is 2.42. The molecule has 0 bridgehead atoms. The van der Waals surface area contributed by atoms with Gasteiger partial charge in [0.2, 0.25) is 0 Å². The van der Waals surface area contributed by atoms with Crippen molar-refractivity contribution in [2.24, 2.45) is 0 Å². The number of hydrogen-bond donors (Lipinski definition) is 0. The topological polar surface area (TPSA) is 26.3 Å². The zero-order chi connectivity index (χ0) is 11.1. The quantitative estimate of drug-likeness (QED) is 0.528. The summed E-state index contributed by atoms with van der Waals surface area (Å²) in [6, 6.07) is 6.17. The molecule has 0 spiro atoms. The van der Waals surface area contributed by atoms with Gasteiger partial charge in [0, 0.05) is 6.42 Å². The third-order valence-corrected chi connectivity index (χ3v) is 2.30. The highest BCUT2D eigenvalue weighted by molar-refractivity contribution is 5.48. The highest BCUT2D eigenvalue weighted by atomic mass is 16.5. The summed E-state index contributed by atoms with van der Waals surface area (Å²) in [4.78, 5) is 10.1. The first kappa shape index (κ1) is 11.8. The normalized spacial score (nSPS) is 10.0. The van der Waals surface area contributed by atoms with Gasteiger partial charge in [-0.2, -0.15) is 0 Å². The molecule has 0 aliphatic heterocycles. The van der Waals surface area contributed by atoms with Gasteiger partial charge in [0.05, 0.1) is 6.61 Å². The molecule has 1 aromatic carbocycles. The molecular weight excluding hydrogens is 188 g/mol. The van der Waals surface area contributed by atoms with Crippen molar-refractivity contribution in [1.82, 2.24) is 0 Å². The van der Waals surface area contributed by atoms with E-state index < -0.39 is 0 Å². The van der Waals surface area contributed by atoms with Crippen molar-refractivity contribution >= 4 is 6.29 Å². The number of carbonyl (C=O) groups excluding carboxylic acids is 1. The molecule has 1 rings (SSSR count). The zero-order valence-electron chi connectivity index (χ0n) is 9.45. The second kappa shape index (κ2) is 6.23. The Balaban J connectivity index is 2.34. The van der Waals surface area contributed by atoms with E-state index in [0.717, 1.165) is 24.9 Å². The van der Waals surface area contributed by atoms with Crippen LogP contribution in [0.4, 0.5) is 0 Å². The number of aryl methyl sites for hydroxylation is 2. The molecule has 0 aliphatic rings. The lowest BCUT2D eigenvalue weighted by Gasteiger charge is -2.08. The van der Waals surface area contributed by atoms with Gasteiger partial charge in [0.15, 0.2) is 0 Å². The van der Waals surface area contributed by atoms with Crippen molar-refractivity contribution < 1.29 is 9.53 Å². The fourth-order valence-electron chi connectivity index (χ4n) is 1.47. The Morgan fingerprint density at radius 1 is 1.27 bits per heavy atom. The first-order chi connectivity index (χ1) is 7.24. The Kier molecular flexibility index (Phi) is 4.88. The van der Waals surface area contributed by atoms with Gasteiger partial charge in [-0.1, -0.05) is 17.7 Å². The second-order valence-corrected chi connectivity index (χ2v) is 3.78. The van der Waals surface area contributed by atoms with Crippen LogP contribution in [0.2, 0.25) is 0 Å². The number of unbranched alkanes of at least 4 members (excludes halogenated alkanes) is 2. The van der Waals surface area contributed by atoms with Gasteiger partial charge in [-0.3, -0.25) is 0 Å². The van der Waals surface area contributed by atoms with E-state index in [1.54, 1.807) is 0 Å². The molecule has 0 aromatic heterocycles. The number of benzene rings is 1. The van der Waals surface area contributed by atoms with Crippen LogP contribution in [-0.4, -0.2) is 12.9 Å². The van der Waals surface area contributed by atoms with Crippen molar-refractivity contribution in [3.05, 3.63) is 29.3 Å². The minimum absolute atomic E-state index is 0.635. The number of aldehydes is 1. The zero-order valence-corrected chi connectivity index (χ0v) is 9.45. The van der Waals surface area contributed by atoms with Crippen LogP contribution < -0.4 is 4.74 Å². The number of hydrogen-bond acceptors (Lipinski definition) is 2. The summed E-state index contributed by atoms with van der Waals surface area (Å²) in [6.45, 7) is 4.81. The van der Waals surface area contributed by atoms with Crippen molar-refractivity contribution in [2.45, 2.75) is 33.1 Å². The minimum atomic E-state index is 0.635. The smallest absolute Gasteiger partial charge is 0.122 e. The van der Waals surface area contributed by atoms with E-state index in [4.69, 9.17) is 4.74 Å². The van der Waals surface area contributed by atoms with Crippen LogP contribution >= 0.6 is 0 Å². The number of ether oxygens (including phenoxy) is 1. The van der Waals surface area contributed by atoms with Crippen molar-refractivity contribution in [3.63, 3.8) is 0 Å². The predicted octanol–water partition coefficient (Wildman–Crippen LogP) is 3.05. The van der Waals surface area contributed by atoms with Gasteiger partial charge >= 0.3 is 0 Å². The van der Waals surface area contributed by atoms with Crippen molar-refractivity contribution in [2.75, 3.05) is 6.61 Å². The maximum Gasteiger partial charge on any atom is 0.122 e. The lowest BCUT2D eigenvalue weighted by Crippen LogP contribution is -1.99. The number of carbonyl (C=O) groups is 1. The van der Waals surface area contributed by atoms with Crippen LogP contribution in [-0.2, 0) is 4.79 Å². The molecule has 0 saturated carbocycles. The van der Waals surface area contributed by atoms with Crippen LogP contribution in [0, 0.1) is 13.8 Å². The van der Waals surface area contributed by atoms with E-state index in [-0.39, 0.29) is 0 Å². The molecule has 0 N–H and O–H groups in total. The molecule has 0 radical (unpaired) electrons. The molecule has 0 saturated heterocycles. The average Bonchev–Trinajstić information content (AvgIpc) is 2.20. The van der Waals surface area contributed by atoms with E-state index in [9.17, 15) is 4.79 Å². The van der Waals surface area contributed by atoms with Gasteiger partial charge in [0.1, 0.15) is 12.0 Å². The Morgan fingerprint density at radius 2 is 2.07 bits per heavy atom. The van der Waals surface area contributed by atoms with E-state index in [0.29, 0.717) is 13.0 Å². The fraction of sp³-hybridized carbons (Fsp3) is 0.462. The standard InChI is InChI=1S/C13H18O2/c1-11-6-7-13(12(2)10-11)15-9-5-3-4-8-14/h6-8,10H,3-5,9H2,1-2H3. The maximum atomic E-state index is 10.1. The average molecular weight is 206 g/mol. The van der Waals surface area contributed by atoms with Crippen LogP contribution in [0.25, 0.3) is 0 Å². The van der Waals surface area contributed by atoms with Crippen LogP contribution in [0.1, 0.15) is 30.4 Å². The molecule has 1 aromatic rings.